The summed E-state index contributed by atoms with van der Waals surface area (Å²) in [5.74, 6) is -0.988. The molecule has 0 radical (unpaired) electrons. The first-order valence-corrected chi connectivity index (χ1v) is 6.30. The van der Waals surface area contributed by atoms with Crippen LogP contribution in [-0.2, 0) is 16.0 Å². The van der Waals surface area contributed by atoms with Crippen molar-refractivity contribution < 1.29 is 9.59 Å². The van der Waals surface area contributed by atoms with Gasteiger partial charge in [-0.05, 0) is 38.3 Å². The molecule has 4 heteroatoms. The molecule has 0 aromatic heterocycles. The molecule has 2 amide bonds. The van der Waals surface area contributed by atoms with E-state index in [-0.39, 0.29) is 6.04 Å². The summed E-state index contributed by atoms with van der Waals surface area (Å²) >= 11 is 0. The van der Waals surface area contributed by atoms with Gasteiger partial charge < -0.3 is 10.2 Å². The van der Waals surface area contributed by atoms with Gasteiger partial charge >= 0.3 is 11.8 Å². The third-order valence-electron chi connectivity index (χ3n) is 2.97. The SMILES string of the molecule is CC(C)NC(=O)C(=O)N1CCCc2ccccc21. The molecule has 1 aliphatic heterocycles. The molecular formula is C14H18N2O2. The Balaban J connectivity index is 2.20. The first-order valence-electron chi connectivity index (χ1n) is 6.30. The van der Waals surface area contributed by atoms with Crippen LogP contribution in [-0.4, -0.2) is 24.4 Å². The topological polar surface area (TPSA) is 49.4 Å². The summed E-state index contributed by atoms with van der Waals surface area (Å²) < 4.78 is 0. The molecular weight excluding hydrogens is 228 g/mol. The van der Waals surface area contributed by atoms with Crippen LogP contribution in [0.15, 0.2) is 24.3 Å². The monoisotopic (exact) mass is 246 g/mol. The molecule has 0 spiro atoms. The van der Waals surface area contributed by atoms with Crippen LogP contribution >= 0.6 is 0 Å². The number of anilines is 1. The van der Waals surface area contributed by atoms with Crippen LogP contribution in [0.3, 0.4) is 0 Å². The predicted molar refractivity (Wildman–Crippen MR) is 70.4 cm³/mol. The standard InChI is InChI=1S/C14H18N2O2/c1-10(2)15-13(17)14(18)16-9-5-7-11-6-3-4-8-12(11)16/h3-4,6,8,10H,5,7,9H2,1-2H3,(H,15,17). The first-order chi connectivity index (χ1) is 8.59. The fourth-order valence-corrected chi connectivity index (χ4v) is 2.19. The normalized spacial score (nSPS) is 14.3. The van der Waals surface area contributed by atoms with Crippen molar-refractivity contribution in [2.45, 2.75) is 32.7 Å². The number of carbonyl (C=O) groups is 2. The molecule has 0 aliphatic carbocycles. The number of hydrogen-bond donors (Lipinski definition) is 1. The van der Waals surface area contributed by atoms with Gasteiger partial charge in [-0.2, -0.15) is 0 Å². The summed E-state index contributed by atoms with van der Waals surface area (Å²) in [7, 11) is 0. The van der Waals surface area contributed by atoms with E-state index in [0.29, 0.717) is 6.54 Å². The lowest BCUT2D eigenvalue weighted by Crippen LogP contribution is -2.47. The van der Waals surface area contributed by atoms with Gasteiger partial charge in [-0.25, -0.2) is 0 Å². The van der Waals surface area contributed by atoms with Gasteiger partial charge in [0, 0.05) is 18.3 Å². The van der Waals surface area contributed by atoms with Gasteiger partial charge in [0.2, 0.25) is 0 Å². The Bertz CT molecular complexity index is 469. The molecule has 0 saturated carbocycles. The highest BCUT2D eigenvalue weighted by Gasteiger charge is 2.27. The minimum Gasteiger partial charge on any atom is -0.346 e. The van der Waals surface area contributed by atoms with Gasteiger partial charge in [-0.1, -0.05) is 18.2 Å². The van der Waals surface area contributed by atoms with Gasteiger partial charge in [0.05, 0.1) is 0 Å². The van der Waals surface area contributed by atoms with E-state index in [1.807, 2.05) is 38.1 Å². The molecule has 96 valence electrons. The number of rotatable bonds is 1. The largest absolute Gasteiger partial charge is 0.346 e. The van der Waals surface area contributed by atoms with E-state index in [1.165, 1.54) is 0 Å². The van der Waals surface area contributed by atoms with Crippen LogP contribution in [0, 0.1) is 0 Å². The zero-order valence-electron chi connectivity index (χ0n) is 10.8. The van der Waals surface area contributed by atoms with Gasteiger partial charge in [0.15, 0.2) is 0 Å². The Kier molecular flexibility index (Phi) is 3.65. The molecule has 1 aromatic rings. The van der Waals surface area contributed by atoms with E-state index in [4.69, 9.17) is 0 Å². The van der Waals surface area contributed by atoms with Gasteiger partial charge in [-0.15, -0.1) is 0 Å². The molecule has 0 fully saturated rings. The molecule has 2 rings (SSSR count). The van der Waals surface area contributed by atoms with E-state index >= 15 is 0 Å². The third-order valence-corrected chi connectivity index (χ3v) is 2.97. The number of nitrogens with zero attached hydrogens (tertiary/aromatic N) is 1. The van der Waals surface area contributed by atoms with Crippen LogP contribution in [0.2, 0.25) is 0 Å². The second kappa shape index (κ2) is 5.21. The van der Waals surface area contributed by atoms with Crippen molar-refractivity contribution in [3.63, 3.8) is 0 Å². The lowest BCUT2D eigenvalue weighted by atomic mass is 10.0. The minimum absolute atomic E-state index is 0.0264. The maximum Gasteiger partial charge on any atom is 0.316 e. The lowest BCUT2D eigenvalue weighted by molar-refractivity contribution is -0.138. The Hall–Kier alpha value is -1.84. The van der Waals surface area contributed by atoms with Crippen molar-refractivity contribution in [1.82, 2.24) is 5.32 Å². The Morgan fingerprint density at radius 2 is 2.00 bits per heavy atom. The highest BCUT2D eigenvalue weighted by atomic mass is 16.2. The Labute approximate surface area is 107 Å². The number of fused-ring (bicyclic) bond motifs is 1. The van der Waals surface area contributed by atoms with E-state index in [9.17, 15) is 9.59 Å². The fourth-order valence-electron chi connectivity index (χ4n) is 2.19. The van der Waals surface area contributed by atoms with Gasteiger partial charge in [-0.3, -0.25) is 9.59 Å². The number of hydrogen-bond acceptors (Lipinski definition) is 2. The highest BCUT2D eigenvalue weighted by molar-refractivity contribution is 6.40. The van der Waals surface area contributed by atoms with Gasteiger partial charge in [0.1, 0.15) is 0 Å². The van der Waals surface area contributed by atoms with Crippen LogP contribution in [0.25, 0.3) is 0 Å². The molecule has 0 saturated heterocycles. The Morgan fingerprint density at radius 3 is 2.72 bits per heavy atom. The van der Waals surface area contributed by atoms with Crippen molar-refractivity contribution in [3.05, 3.63) is 29.8 Å². The summed E-state index contributed by atoms with van der Waals surface area (Å²) in [4.78, 5) is 25.5. The van der Waals surface area contributed by atoms with Crippen LogP contribution in [0.4, 0.5) is 5.69 Å². The molecule has 1 aromatic carbocycles. The molecule has 1 N–H and O–H groups in total. The number of nitrogens with one attached hydrogen (secondary N) is 1. The summed E-state index contributed by atoms with van der Waals surface area (Å²) in [6.07, 6.45) is 1.86. The molecule has 0 unspecified atom stereocenters. The number of carbonyl (C=O) groups excluding carboxylic acids is 2. The van der Waals surface area contributed by atoms with Crippen LogP contribution < -0.4 is 10.2 Å². The maximum atomic E-state index is 12.1. The van der Waals surface area contributed by atoms with Gasteiger partial charge in [0.25, 0.3) is 0 Å². The number of benzene rings is 1. The number of aryl methyl sites for hydroxylation is 1. The second-order valence-corrected chi connectivity index (χ2v) is 4.82. The molecule has 0 bridgehead atoms. The summed E-state index contributed by atoms with van der Waals surface area (Å²) in [6.45, 7) is 4.30. The average molecular weight is 246 g/mol. The van der Waals surface area contributed by atoms with Crippen molar-refractivity contribution in [1.29, 1.82) is 0 Å². The van der Waals surface area contributed by atoms with Crippen molar-refractivity contribution in [2.75, 3.05) is 11.4 Å². The van der Waals surface area contributed by atoms with E-state index in [0.717, 1.165) is 24.1 Å². The summed E-state index contributed by atoms with van der Waals surface area (Å²) in [6, 6.07) is 7.73. The second-order valence-electron chi connectivity index (χ2n) is 4.82. The number of amides is 2. The van der Waals surface area contributed by atoms with Crippen LogP contribution in [0.5, 0.6) is 0 Å². The summed E-state index contributed by atoms with van der Waals surface area (Å²) in [5.41, 5.74) is 2.00. The Morgan fingerprint density at radius 1 is 1.28 bits per heavy atom. The van der Waals surface area contributed by atoms with E-state index < -0.39 is 11.8 Å². The van der Waals surface area contributed by atoms with Crippen molar-refractivity contribution in [3.8, 4) is 0 Å². The zero-order valence-corrected chi connectivity index (χ0v) is 10.8. The molecule has 0 atom stereocenters. The van der Waals surface area contributed by atoms with Crippen molar-refractivity contribution >= 4 is 17.5 Å². The molecule has 1 aliphatic rings. The zero-order chi connectivity index (χ0) is 13.1. The van der Waals surface area contributed by atoms with E-state index in [1.54, 1.807) is 4.90 Å². The van der Waals surface area contributed by atoms with E-state index in [2.05, 4.69) is 5.32 Å². The highest BCUT2D eigenvalue weighted by Crippen LogP contribution is 2.26. The predicted octanol–water partition coefficient (Wildman–Crippen LogP) is 1.49. The lowest BCUT2D eigenvalue weighted by Gasteiger charge is -2.29. The van der Waals surface area contributed by atoms with Crippen molar-refractivity contribution in [2.24, 2.45) is 0 Å². The maximum absolute atomic E-state index is 12.1. The smallest absolute Gasteiger partial charge is 0.316 e. The fraction of sp³-hybridized carbons (Fsp3) is 0.429. The molecule has 18 heavy (non-hydrogen) atoms. The van der Waals surface area contributed by atoms with Crippen LogP contribution in [0.1, 0.15) is 25.8 Å². The summed E-state index contributed by atoms with van der Waals surface area (Å²) in [5, 5.41) is 2.64. The first kappa shape index (κ1) is 12.6. The number of para-hydroxylation sites is 1. The third kappa shape index (κ3) is 2.53. The molecule has 1 heterocycles. The quantitative estimate of drug-likeness (QED) is 0.763. The average Bonchev–Trinajstić information content (AvgIpc) is 2.36. The minimum atomic E-state index is -0.526. The molecule has 4 nitrogen and oxygen atoms in total.